The zero-order chi connectivity index (χ0) is 19.2. The Morgan fingerprint density at radius 2 is 1.39 bits per heavy atom. The van der Waals surface area contributed by atoms with Gasteiger partial charge in [0.15, 0.2) is 0 Å². The van der Waals surface area contributed by atoms with Crippen LogP contribution in [0, 0.1) is 0 Å². The van der Waals surface area contributed by atoms with Crippen molar-refractivity contribution < 1.29 is 19.4 Å². The number of aromatic hydroxyl groups is 1. The number of phenols is 1. The molecule has 0 aliphatic carbocycles. The Hall–Kier alpha value is -4.00. The molecule has 0 atom stereocenters. The smallest absolute Gasteiger partial charge is 0.259 e. The zero-order valence-electron chi connectivity index (χ0n) is 14.6. The molecule has 0 fully saturated rings. The Labute approximate surface area is 156 Å². The molecule has 2 amide bonds. The van der Waals surface area contributed by atoms with Crippen LogP contribution in [0.1, 0.15) is 20.7 Å². The fraction of sp³-hybridized carbons (Fsp3) is 0.0476. The number of aromatic nitrogens is 2. The summed E-state index contributed by atoms with van der Waals surface area (Å²) in [6, 6.07) is 10.5. The molecule has 0 unspecified atom stereocenters. The van der Waals surface area contributed by atoms with Gasteiger partial charge in [0.25, 0.3) is 11.8 Å². The van der Waals surface area contributed by atoms with E-state index in [0.717, 1.165) is 27.5 Å². The first-order valence-corrected chi connectivity index (χ1v) is 8.72. The minimum Gasteiger partial charge on any atom is -0.508 e. The summed E-state index contributed by atoms with van der Waals surface area (Å²) in [6.07, 6.45) is 0. The predicted octanol–water partition coefficient (Wildman–Crippen LogP) is 3.55. The number of fused-ring (bicyclic) bond motifs is 10. The summed E-state index contributed by atoms with van der Waals surface area (Å²) in [5.41, 5.74) is 3.72. The SMILES string of the molecule is COc1ccc2[nH]c3c4[nH]c5ccc(O)cc5c4c4c(c3c2c1)C(=O)NC4=O. The molecule has 7 nitrogen and oxygen atoms in total. The summed E-state index contributed by atoms with van der Waals surface area (Å²) in [5, 5.41) is 15.2. The highest BCUT2D eigenvalue weighted by atomic mass is 16.5. The maximum atomic E-state index is 12.7. The fourth-order valence-corrected chi connectivity index (χ4v) is 4.30. The van der Waals surface area contributed by atoms with Gasteiger partial charge in [-0.25, -0.2) is 0 Å². The van der Waals surface area contributed by atoms with Gasteiger partial charge in [-0.1, -0.05) is 0 Å². The summed E-state index contributed by atoms with van der Waals surface area (Å²) >= 11 is 0. The number of aromatic amines is 2. The van der Waals surface area contributed by atoms with Crippen LogP contribution in [0.3, 0.4) is 0 Å². The van der Waals surface area contributed by atoms with Gasteiger partial charge in [0.05, 0.1) is 29.3 Å². The molecule has 6 rings (SSSR count). The molecule has 0 bridgehead atoms. The first-order valence-electron chi connectivity index (χ1n) is 8.72. The Bertz CT molecular complexity index is 1520. The molecule has 0 spiro atoms. The maximum Gasteiger partial charge on any atom is 0.259 e. The molecular weight excluding hydrogens is 358 g/mol. The third-order valence-corrected chi connectivity index (χ3v) is 5.47. The lowest BCUT2D eigenvalue weighted by Gasteiger charge is -2.03. The van der Waals surface area contributed by atoms with Crippen LogP contribution >= 0.6 is 0 Å². The second-order valence-electron chi connectivity index (χ2n) is 6.92. The number of carbonyl (C=O) groups excluding carboxylic acids is 2. The van der Waals surface area contributed by atoms with Gasteiger partial charge in [-0.3, -0.25) is 14.9 Å². The number of rotatable bonds is 1. The van der Waals surface area contributed by atoms with Crippen molar-refractivity contribution in [1.82, 2.24) is 15.3 Å². The molecule has 136 valence electrons. The number of benzene rings is 3. The molecule has 3 aromatic carbocycles. The van der Waals surface area contributed by atoms with Gasteiger partial charge in [-0.05, 0) is 36.4 Å². The van der Waals surface area contributed by atoms with Crippen LogP contribution in [-0.4, -0.2) is 34.0 Å². The van der Waals surface area contributed by atoms with Crippen molar-refractivity contribution in [1.29, 1.82) is 0 Å². The summed E-state index contributed by atoms with van der Waals surface area (Å²) in [5.74, 6) is -0.111. The largest absolute Gasteiger partial charge is 0.508 e. The topological polar surface area (TPSA) is 107 Å². The van der Waals surface area contributed by atoms with E-state index >= 15 is 0 Å². The Morgan fingerprint density at radius 1 is 0.821 bits per heavy atom. The fourth-order valence-electron chi connectivity index (χ4n) is 4.30. The highest BCUT2D eigenvalue weighted by Crippen LogP contribution is 2.42. The van der Waals surface area contributed by atoms with E-state index in [4.69, 9.17) is 4.74 Å². The number of hydrogen-bond acceptors (Lipinski definition) is 4. The number of methoxy groups -OCH3 is 1. The van der Waals surface area contributed by atoms with E-state index in [1.807, 2.05) is 18.2 Å². The maximum absolute atomic E-state index is 12.7. The van der Waals surface area contributed by atoms with E-state index in [9.17, 15) is 14.7 Å². The first kappa shape index (κ1) is 15.1. The Morgan fingerprint density at radius 3 is 2.00 bits per heavy atom. The number of H-pyrrole nitrogens is 2. The van der Waals surface area contributed by atoms with Gasteiger partial charge in [0.1, 0.15) is 11.5 Å². The molecule has 1 aliphatic heterocycles. The number of imide groups is 1. The molecule has 0 radical (unpaired) electrons. The number of nitrogens with one attached hydrogen (secondary N) is 3. The monoisotopic (exact) mass is 371 g/mol. The lowest BCUT2D eigenvalue weighted by atomic mass is 9.96. The van der Waals surface area contributed by atoms with Crippen molar-refractivity contribution in [3.8, 4) is 11.5 Å². The van der Waals surface area contributed by atoms with Crippen molar-refractivity contribution in [2.24, 2.45) is 0 Å². The van der Waals surface area contributed by atoms with E-state index in [-0.39, 0.29) is 5.75 Å². The van der Waals surface area contributed by atoms with Crippen LogP contribution in [0.4, 0.5) is 0 Å². The van der Waals surface area contributed by atoms with Crippen molar-refractivity contribution in [2.75, 3.05) is 7.11 Å². The van der Waals surface area contributed by atoms with Crippen LogP contribution < -0.4 is 10.1 Å². The minimum absolute atomic E-state index is 0.0911. The number of amides is 2. The summed E-state index contributed by atoms with van der Waals surface area (Å²) in [7, 11) is 1.58. The lowest BCUT2D eigenvalue weighted by Crippen LogP contribution is -2.20. The number of ether oxygens (including phenoxy) is 1. The molecule has 4 N–H and O–H groups in total. The average molecular weight is 371 g/mol. The van der Waals surface area contributed by atoms with Gasteiger partial charge in [-0.15, -0.1) is 0 Å². The Kier molecular flexibility index (Phi) is 2.60. The highest BCUT2D eigenvalue weighted by Gasteiger charge is 2.34. The normalized spacial score (nSPS) is 13.8. The second-order valence-corrected chi connectivity index (χ2v) is 6.92. The number of phenolic OH excluding ortho intramolecular Hbond substituents is 1. The molecule has 3 heterocycles. The van der Waals surface area contributed by atoms with Crippen LogP contribution in [0.2, 0.25) is 0 Å². The summed E-state index contributed by atoms with van der Waals surface area (Å²) in [4.78, 5) is 32.1. The van der Waals surface area contributed by atoms with E-state index in [1.54, 1.807) is 25.3 Å². The standard InChI is InChI=1S/C21H13N3O4/c1-28-9-3-5-13-11(7-9)15-17-16(20(26)24-21(17)27)14-10-6-8(25)2-4-12(10)22-18(14)19(15)23-13/h2-7,22-23,25H,1H3,(H,24,26,27). The van der Waals surface area contributed by atoms with E-state index in [2.05, 4.69) is 15.3 Å². The molecule has 2 aromatic heterocycles. The second kappa shape index (κ2) is 4.83. The molecule has 7 heteroatoms. The van der Waals surface area contributed by atoms with Crippen LogP contribution in [-0.2, 0) is 0 Å². The quantitative estimate of drug-likeness (QED) is 0.338. The summed E-state index contributed by atoms with van der Waals surface area (Å²) < 4.78 is 5.34. The van der Waals surface area contributed by atoms with Crippen LogP contribution in [0.25, 0.3) is 43.6 Å². The molecule has 1 aliphatic rings. The van der Waals surface area contributed by atoms with Crippen molar-refractivity contribution in [2.45, 2.75) is 0 Å². The molecular formula is C21H13N3O4. The minimum atomic E-state index is -0.437. The van der Waals surface area contributed by atoms with Gasteiger partial charge >= 0.3 is 0 Å². The Balaban J connectivity index is 1.95. The van der Waals surface area contributed by atoms with E-state index in [0.29, 0.717) is 33.0 Å². The third kappa shape index (κ3) is 1.68. The van der Waals surface area contributed by atoms with Crippen molar-refractivity contribution >= 4 is 55.4 Å². The van der Waals surface area contributed by atoms with Gasteiger partial charge in [-0.2, -0.15) is 0 Å². The third-order valence-electron chi connectivity index (χ3n) is 5.47. The van der Waals surface area contributed by atoms with Gasteiger partial charge in [0, 0.05) is 32.6 Å². The lowest BCUT2D eigenvalue weighted by molar-refractivity contribution is 0.0880. The van der Waals surface area contributed by atoms with Crippen LogP contribution in [0.5, 0.6) is 11.5 Å². The number of carbonyl (C=O) groups is 2. The molecule has 5 aromatic rings. The van der Waals surface area contributed by atoms with E-state index in [1.165, 1.54) is 0 Å². The highest BCUT2D eigenvalue weighted by molar-refractivity contribution is 6.39. The molecule has 0 saturated carbocycles. The molecule has 28 heavy (non-hydrogen) atoms. The van der Waals surface area contributed by atoms with Crippen LogP contribution in [0.15, 0.2) is 36.4 Å². The molecule has 0 saturated heterocycles. The zero-order valence-corrected chi connectivity index (χ0v) is 14.6. The van der Waals surface area contributed by atoms with Crippen molar-refractivity contribution in [3.05, 3.63) is 47.5 Å². The number of hydrogen-bond donors (Lipinski definition) is 4. The van der Waals surface area contributed by atoms with Crippen molar-refractivity contribution in [3.63, 3.8) is 0 Å². The van der Waals surface area contributed by atoms with Gasteiger partial charge in [0.2, 0.25) is 0 Å². The van der Waals surface area contributed by atoms with E-state index < -0.39 is 11.8 Å². The van der Waals surface area contributed by atoms with Gasteiger partial charge < -0.3 is 19.8 Å². The summed E-state index contributed by atoms with van der Waals surface area (Å²) in [6.45, 7) is 0. The first-order chi connectivity index (χ1) is 13.6. The predicted molar refractivity (Wildman–Crippen MR) is 105 cm³/mol. The average Bonchev–Trinajstić information content (AvgIpc) is 3.32.